The number of nitrogens with one attached hydrogen (secondary N) is 1. The van der Waals surface area contributed by atoms with Crippen LogP contribution < -0.4 is 4.72 Å². The molecule has 2 N–H and O–H groups in total. The number of ether oxygens (including phenoxy) is 1. The van der Waals surface area contributed by atoms with Crippen molar-refractivity contribution in [2.45, 2.75) is 31.5 Å². The minimum Gasteiger partial charge on any atom is -0.386 e. The third-order valence-corrected chi connectivity index (χ3v) is 3.65. The van der Waals surface area contributed by atoms with Gasteiger partial charge in [-0.25, -0.2) is 21.9 Å². The van der Waals surface area contributed by atoms with Crippen LogP contribution in [0.25, 0.3) is 0 Å². The predicted octanol–water partition coefficient (Wildman–Crippen LogP) is -0.289. The molecule has 96 valence electrons. The van der Waals surface area contributed by atoms with Gasteiger partial charge in [-0.1, -0.05) is 0 Å². The minimum absolute atomic E-state index is 0.247. The average Bonchev–Trinajstić information content (AvgIpc) is 2.65. The Morgan fingerprint density at radius 2 is 2.19 bits per heavy atom. The fraction of sp³-hybridized carbons (Fsp3) is 1.00. The molecule has 0 aromatic carbocycles. The smallest absolute Gasteiger partial charge is 0.265 e. The van der Waals surface area contributed by atoms with Gasteiger partial charge in [-0.15, -0.1) is 0 Å². The Labute approximate surface area is 92.8 Å². The first-order valence-corrected chi connectivity index (χ1v) is 6.61. The van der Waals surface area contributed by atoms with Crippen LogP contribution >= 0.6 is 0 Å². The maximum Gasteiger partial charge on any atom is 0.265 e. The van der Waals surface area contributed by atoms with Crippen molar-refractivity contribution < 1.29 is 27.0 Å². The lowest BCUT2D eigenvalue weighted by molar-refractivity contribution is -0.000488. The Bertz CT molecular complexity index is 303. The highest BCUT2D eigenvalue weighted by atomic mass is 32.2. The van der Waals surface area contributed by atoms with Gasteiger partial charge in [0.25, 0.3) is 6.43 Å². The van der Waals surface area contributed by atoms with Gasteiger partial charge in [0.2, 0.25) is 10.0 Å². The Balaban J connectivity index is 2.33. The summed E-state index contributed by atoms with van der Waals surface area (Å²) in [7, 11) is -3.66. The van der Waals surface area contributed by atoms with Crippen molar-refractivity contribution in [1.82, 2.24) is 4.72 Å². The summed E-state index contributed by atoms with van der Waals surface area (Å²) in [5.74, 6) is -0.247. The van der Waals surface area contributed by atoms with Crippen LogP contribution in [0.1, 0.15) is 12.8 Å². The van der Waals surface area contributed by atoms with Gasteiger partial charge in [-0.2, -0.15) is 0 Å². The quantitative estimate of drug-likeness (QED) is 0.687. The lowest BCUT2D eigenvalue weighted by atomic mass is 10.3. The van der Waals surface area contributed by atoms with E-state index in [4.69, 9.17) is 9.84 Å². The highest BCUT2D eigenvalue weighted by Gasteiger charge is 2.25. The first kappa shape index (κ1) is 13.8. The Morgan fingerprint density at radius 3 is 2.69 bits per heavy atom. The minimum atomic E-state index is -3.66. The molecule has 0 aliphatic carbocycles. The van der Waals surface area contributed by atoms with E-state index in [1.807, 2.05) is 4.72 Å². The fourth-order valence-corrected chi connectivity index (χ4v) is 2.68. The number of hydrogen-bond acceptors (Lipinski definition) is 4. The Morgan fingerprint density at radius 1 is 1.50 bits per heavy atom. The molecule has 1 aliphatic rings. The molecule has 0 bridgehead atoms. The standard InChI is InChI=1S/C8H15F2NO4S/c9-8(10)7(12)4-11-16(13,14)5-6-2-1-3-15-6/h6-8,11-12H,1-5H2. The van der Waals surface area contributed by atoms with Crippen molar-refractivity contribution in [2.24, 2.45) is 0 Å². The van der Waals surface area contributed by atoms with Crippen LogP contribution in [0.2, 0.25) is 0 Å². The SMILES string of the molecule is O=S(=O)(CC1CCCO1)NCC(O)C(F)F. The summed E-state index contributed by atoms with van der Waals surface area (Å²) < 4.78 is 53.6. The van der Waals surface area contributed by atoms with Crippen LogP contribution in [0.15, 0.2) is 0 Å². The van der Waals surface area contributed by atoms with Crippen molar-refractivity contribution in [3.8, 4) is 0 Å². The molecule has 1 rings (SSSR count). The molecular formula is C8H15F2NO4S. The number of rotatable bonds is 6. The van der Waals surface area contributed by atoms with E-state index in [1.165, 1.54) is 0 Å². The number of halogens is 2. The van der Waals surface area contributed by atoms with Gasteiger partial charge in [0.05, 0.1) is 11.9 Å². The zero-order valence-electron chi connectivity index (χ0n) is 8.60. The van der Waals surface area contributed by atoms with Crippen molar-refractivity contribution in [1.29, 1.82) is 0 Å². The van der Waals surface area contributed by atoms with Gasteiger partial charge in [-0.3, -0.25) is 0 Å². The molecule has 0 amide bonds. The highest BCUT2D eigenvalue weighted by molar-refractivity contribution is 7.89. The number of alkyl halides is 2. The number of sulfonamides is 1. The normalized spacial score (nSPS) is 23.9. The summed E-state index contributed by atoms with van der Waals surface area (Å²) in [6, 6.07) is 0. The molecule has 0 spiro atoms. The van der Waals surface area contributed by atoms with E-state index in [9.17, 15) is 17.2 Å². The molecule has 2 unspecified atom stereocenters. The van der Waals surface area contributed by atoms with Crippen molar-refractivity contribution in [3.63, 3.8) is 0 Å². The summed E-state index contributed by atoms with van der Waals surface area (Å²) in [6.07, 6.45) is -3.84. The van der Waals surface area contributed by atoms with Crippen molar-refractivity contribution in [2.75, 3.05) is 18.9 Å². The van der Waals surface area contributed by atoms with Crippen LogP contribution in [0.5, 0.6) is 0 Å². The molecule has 0 aromatic rings. The molecule has 0 radical (unpaired) electrons. The average molecular weight is 259 g/mol. The Hall–Kier alpha value is -0.310. The second-order valence-electron chi connectivity index (χ2n) is 3.67. The summed E-state index contributed by atoms with van der Waals surface area (Å²) >= 11 is 0. The first-order valence-electron chi connectivity index (χ1n) is 4.96. The third-order valence-electron chi connectivity index (χ3n) is 2.23. The second kappa shape index (κ2) is 5.85. The van der Waals surface area contributed by atoms with Crippen LogP contribution in [0.4, 0.5) is 8.78 Å². The van der Waals surface area contributed by atoms with Gasteiger partial charge >= 0.3 is 0 Å². The van der Waals surface area contributed by atoms with Crippen molar-refractivity contribution in [3.05, 3.63) is 0 Å². The Kier molecular flexibility index (Phi) is 5.03. The zero-order chi connectivity index (χ0) is 12.2. The van der Waals surface area contributed by atoms with Gasteiger partial charge in [0.1, 0.15) is 6.10 Å². The molecule has 2 atom stereocenters. The summed E-state index contributed by atoms with van der Waals surface area (Å²) in [6.45, 7) is -0.146. The van der Waals surface area contributed by atoms with E-state index >= 15 is 0 Å². The molecule has 8 heteroatoms. The van der Waals surface area contributed by atoms with E-state index in [-0.39, 0.29) is 11.9 Å². The van der Waals surface area contributed by atoms with Crippen LogP contribution in [-0.2, 0) is 14.8 Å². The first-order chi connectivity index (χ1) is 7.41. The summed E-state index contributed by atoms with van der Waals surface area (Å²) in [5, 5.41) is 8.74. The van der Waals surface area contributed by atoms with Gasteiger partial charge in [0, 0.05) is 13.2 Å². The van der Waals surface area contributed by atoms with Crippen LogP contribution in [-0.4, -0.2) is 51.1 Å². The number of aliphatic hydroxyl groups is 1. The van der Waals surface area contributed by atoms with E-state index in [2.05, 4.69) is 0 Å². The lowest BCUT2D eigenvalue weighted by Crippen LogP contribution is -2.39. The highest BCUT2D eigenvalue weighted by Crippen LogP contribution is 2.13. The third kappa shape index (κ3) is 4.69. The second-order valence-corrected chi connectivity index (χ2v) is 5.52. The molecule has 1 heterocycles. The number of aliphatic hydroxyl groups excluding tert-OH is 1. The van der Waals surface area contributed by atoms with E-state index in [1.54, 1.807) is 0 Å². The molecular weight excluding hydrogens is 244 g/mol. The van der Waals surface area contributed by atoms with Gasteiger partial charge < -0.3 is 9.84 Å². The molecule has 5 nitrogen and oxygen atoms in total. The lowest BCUT2D eigenvalue weighted by Gasteiger charge is -2.13. The fourth-order valence-electron chi connectivity index (χ4n) is 1.38. The zero-order valence-corrected chi connectivity index (χ0v) is 9.42. The predicted molar refractivity (Wildman–Crippen MR) is 52.8 cm³/mol. The monoisotopic (exact) mass is 259 g/mol. The van der Waals surface area contributed by atoms with Crippen LogP contribution in [0.3, 0.4) is 0 Å². The van der Waals surface area contributed by atoms with E-state index in [0.29, 0.717) is 13.0 Å². The maximum atomic E-state index is 11.9. The molecule has 1 fully saturated rings. The molecule has 1 aliphatic heterocycles. The molecule has 1 saturated heterocycles. The van der Waals surface area contributed by atoms with E-state index < -0.39 is 29.1 Å². The van der Waals surface area contributed by atoms with Crippen LogP contribution in [0, 0.1) is 0 Å². The molecule has 16 heavy (non-hydrogen) atoms. The van der Waals surface area contributed by atoms with E-state index in [0.717, 1.165) is 6.42 Å². The number of hydrogen-bond donors (Lipinski definition) is 2. The molecule has 0 aromatic heterocycles. The summed E-state index contributed by atoms with van der Waals surface area (Å²) in [5.41, 5.74) is 0. The summed E-state index contributed by atoms with van der Waals surface area (Å²) in [4.78, 5) is 0. The van der Waals surface area contributed by atoms with Gasteiger partial charge in [-0.05, 0) is 12.8 Å². The maximum absolute atomic E-state index is 11.9. The molecule has 0 saturated carbocycles. The van der Waals surface area contributed by atoms with Crippen molar-refractivity contribution >= 4 is 10.0 Å². The topological polar surface area (TPSA) is 75.6 Å². The van der Waals surface area contributed by atoms with Gasteiger partial charge in [0.15, 0.2) is 0 Å². The largest absolute Gasteiger partial charge is 0.386 e.